The maximum absolute atomic E-state index is 2.36. The molecule has 0 fully saturated rings. The first-order valence-corrected chi connectivity index (χ1v) is 16.0. The van der Waals surface area contributed by atoms with Gasteiger partial charge in [-0.1, -0.05) is 170 Å². The molecule has 0 aliphatic carbocycles. The summed E-state index contributed by atoms with van der Waals surface area (Å²) in [6.07, 6.45) is 0. The zero-order valence-corrected chi connectivity index (χ0v) is 25.2. The maximum Gasteiger partial charge on any atom is -0.00201 e. The average molecular weight is 581 g/mol. The molecule has 10 rings (SSSR count). The van der Waals surface area contributed by atoms with Gasteiger partial charge >= 0.3 is 0 Å². The van der Waals surface area contributed by atoms with Crippen LogP contribution in [0.5, 0.6) is 0 Å². The second kappa shape index (κ2) is 9.76. The molecule has 0 unspecified atom stereocenters. The quantitative estimate of drug-likeness (QED) is 0.144. The van der Waals surface area contributed by atoms with Gasteiger partial charge in [-0.15, -0.1) is 0 Å². The van der Waals surface area contributed by atoms with E-state index in [-0.39, 0.29) is 0 Å². The molecule has 10 aromatic rings. The van der Waals surface area contributed by atoms with Crippen molar-refractivity contribution in [3.8, 4) is 33.4 Å². The Balaban J connectivity index is 1.27. The fourth-order valence-corrected chi connectivity index (χ4v) is 8.05. The van der Waals surface area contributed by atoms with Gasteiger partial charge in [-0.25, -0.2) is 0 Å². The van der Waals surface area contributed by atoms with Crippen LogP contribution in [0, 0.1) is 0 Å². The molecule has 0 amide bonds. The molecular weight excluding hydrogens is 553 g/mol. The van der Waals surface area contributed by atoms with Crippen molar-refractivity contribution in [2.75, 3.05) is 0 Å². The maximum atomic E-state index is 2.36. The Kier molecular flexibility index (Phi) is 5.38. The van der Waals surface area contributed by atoms with Gasteiger partial charge in [0.1, 0.15) is 0 Å². The van der Waals surface area contributed by atoms with E-state index in [0.29, 0.717) is 0 Å². The summed E-state index contributed by atoms with van der Waals surface area (Å²) in [5.74, 6) is 0. The molecule has 0 radical (unpaired) electrons. The van der Waals surface area contributed by atoms with E-state index in [1.165, 1.54) is 98.0 Å². The Labute approximate surface area is 267 Å². The summed E-state index contributed by atoms with van der Waals surface area (Å²) in [5.41, 5.74) is 7.63. The lowest BCUT2D eigenvalue weighted by Gasteiger charge is -2.19. The van der Waals surface area contributed by atoms with Gasteiger partial charge in [0, 0.05) is 0 Å². The molecule has 46 heavy (non-hydrogen) atoms. The lowest BCUT2D eigenvalue weighted by atomic mass is 9.83. The van der Waals surface area contributed by atoms with Crippen molar-refractivity contribution in [2.24, 2.45) is 0 Å². The minimum absolute atomic E-state index is 1.26. The topological polar surface area (TPSA) is 0 Å². The van der Waals surface area contributed by atoms with Crippen molar-refractivity contribution in [2.45, 2.75) is 0 Å². The highest BCUT2D eigenvalue weighted by atomic mass is 14.2. The molecule has 212 valence electrons. The molecule has 0 aromatic heterocycles. The van der Waals surface area contributed by atoms with Gasteiger partial charge in [-0.2, -0.15) is 0 Å². The summed E-state index contributed by atoms with van der Waals surface area (Å²) in [5, 5.41) is 15.6. The third kappa shape index (κ3) is 3.56. The molecule has 0 heterocycles. The molecule has 0 saturated heterocycles. The van der Waals surface area contributed by atoms with E-state index in [2.05, 4.69) is 170 Å². The highest BCUT2D eigenvalue weighted by molar-refractivity contribution is 6.35. The van der Waals surface area contributed by atoms with Gasteiger partial charge < -0.3 is 0 Å². The second-order valence-electron chi connectivity index (χ2n) is 12.4. The van der Waals surface area contributed by atoms with Crippen molar-refractivity contribution in [3.63, 3.8) is 0 Å². The summed E-state index contributed by atoms with van der Waals surface area (Å²) in [6.45, 7) is 0. The van der Waals surface area contributed by atoms with Crippen molar-refractivity contribution < 1.29 is 0 Å². The standard InChI is InChI=1S/C46H28/c1-3-15-31-29(11-1)13-7-19-33(31)35-17-5-6-18-36(35)38-26-28-44-43-27-25-37(34-20-8-14-30-12-2-4-16-32(30)34)39-21-9-23-41(45(39)43)42-24-10-22-40(38)46(42)44/h1-28H. The van der Waals surface area contributed by atoms with Gasteiger partial charge in [-0.05, 0) is 98.0 Å². The van der Waals surface area contributed by atoms with E-state index in [0.717, 1.165) is 0 Å². The van der Waals surface area contributed by atoms with Crippen LogP contribution in [-0.4, -0.2) is 0 Å². The molecule has 0 aliphatic rings. The van der Waals surface area contributed by atoms with Crippen LogP contribution in [0.25, 0.3) is 98.0 Å². The SMILES string of the molecule is c1ccc(-c2ccc3c4ccc(-c5cccc6ccccc56)c5cccc(c6cccc2c63)c54)c(-c2cccc3ccccc23)c1. The van der Waals surface area contributed by atoms with Crippen LogP contribution in [0.3, 0.4) is 0 Å². The fourth-order valence-electron chi connectivity index (χ4n) is 8.05. The van der Waals surface area contributed by atoms with E-state index in [4.69, 9.17) is 0 Å². The summed E-state index contributed by atoms with van der Waals surface area (Å²) in [4.78, 5) is 0. The normalized spacial score (nSPS) is 11.9. The van der Waals surface area contributed by atoms with Crippen LogP contribution in [-0.2, 0) is 0 Å². The van der Waals surface area contributed by atoms with Gasteiger partial charge in [0.15, 0.2) is 0 Å². The highest BCUT2D eigenvalue weighted by Crippen LogP contribution is 2.47. The minimum Gasteiger partial charge on any atom is -0.0616 e. The third-order valence-corrected chi connectivity index (χ3v) is 10.0. The number of hydrogen-bond donors (Lipinski definition) is 0. The predicted molar refractivity (Wildman–Crippen MR) is 199 cm³/mol. The van der Waals surface area contributed by atoms with Gasteiger partial charge in [0.2, 0.25) is 0 Å². The molecule has 0 nitrogen and oxygen atoms in total. The zero-order valence-electron chi connectivity index (χ0n) is 25.2. The van der Waals surface area contributed by atoms with Crippen LogP contribution >= 0.6 is 0 Å². The summed E-state index contributed by atoms with van der Waals surface area (Å²) in [7, 11) is 0. The average Bonchev–Trinajstić information content (AvgIpc) is 3.13. The number of hydrogen-bond acceptors (Lipinski definition) is 0. The van der Waals surface area contributed by atoms with E-state index in [1.54, 1.807) is 0 Å². The summed E-state index contributed by atoms with van der Waals surface area (Å²) in [6, 6.07) is 62.7. The lowest BCUT2D eigenvalue weighted by Crippen LogP contribution is -1.92. The van der Waals surface area contributed by atoms with E-state index in [9.17, 15) is 0 Å². The van der Waals surface area contributed by atoms with Crippen LogP contribution in [0.2, 0.25) is 0 Å². The van der Waals surface area contributed by atoms with Crippen LogP contribution < -0.4 is 0 Å². The largest absolute Gasteiger partial charge is 0.0616 e. The fraction of sp³-hybridized carbons (Fsp3) is 0. The first-order valence-electron chi connectivity index (χ1n) is 16.0. The number of rotatable bonds is 3. The number of fused-ring (bicyclic) bond motifs is 4. The molecule has 0 saturated carbocycles. The highest BCUT2D eigenvalue weighted by Gasteiger charge is 2.19. The Morgan fingerprint density at radius 3 is 1.02 bits per heavy atom. The first-order chi connectivity index (χ1) is 22.8. The first kappa shape index (κ1) is 25.4. The van der Waals surface area contributed by atoms with Crippen molar-refractivity contribution in [3.05, 3.63) is 170 Å². The summed E-state index contributed by atoms with van der Waals surface area (Å²) >= 11 is 0. The minimum atomic E-state index is 1.26. The van der Waals surface area contributed by atoms with Crippen LogP contribution in [0.15, 0.2) is 170 Å². The molecule has 0 N–H and O–H groups in total. The molecule has 0 heteroatoms. The van der Waals surface area contributed by atoms with Gasteiger partial charge in [0.25, 0.3) is 0 Å². The molecular formula is C46H28. The molecule has 0 aliphatic heterocycles. The molecule has 0 bridgehead atoms. The number of benzene rings is 10. The summed E-state index contributed by atoms with van der Waals surface area (Å²) < 4.78 is 0. The van der Waals surface area contributed by atoms with Crippen molar-refractivity contribution in [1.29, 1.82) is 0 Å². The van der Waals surface area contributed by atoms with E-state index < -0.39 is 0 Å². The van der Waals surface area contributed by atoms with Crippen molar-refractivity contribution >= 4 is 64.6 Å². The predicted octanol–water partition coefficient (Wildman–Crippen LogP) is 13.0. The monoisotopic (exact) mass is 580 g/mol. The Hall–Kier alpha value is -5.98. The van der Waals surface area contributed by atoms with E-state index in [1.807, 2.05) is 0 Å². The lowest BCUT2D eigenvalue weighted by molar-refractivity contribution is 1.63. The van der Waals surface area contributed by atoms with Gasteiger partial charge in [0.05, 0.1) is 0 Å². The third-order valence-electron chi connectivity index (χ3n) is 10.0. The van der Waals surface area contributed by atoms with Crippen LogP contribution in [0.1, 0.15) is 0 Å². The smallest absolute Gasteiger partial charge is 0.00201 e. The Bertz CT molecular complexity index is 2770. The van der Waals surface area contributed by atoms with Crippen LogP contribution in [0.4, 0.5) is 0 Å². The second-order valence-corrected chi connectivity index (χ2v) is 12.4. The molecule has 0 atom stereocenters. The Morgan fingerprint density at radius 2 is 0.478 bits per heavy atom. The van der Waals surface area contributed by atoms with Gasteiger partial charge in [-0.3, -0.25) is 0 Å². The molecule has 10 aromatic carbocycles. The van der Waals surface area contributed by atoms with E-state index >= 15 is 0 Å². The van der Waals surface area contributed by atoms with Crippen molar-refractivity contribution in [1.82, 2.24) is 0 Å². The zero-order chi connectivity index (χ0) is 30.2. The molecule has 0 spiro atoms. The Morgan fingerprint density at radius 1 is 0.174 bits per heavy atom.